The summed E-state index contributed by atoms with van der Waals surface area (Å²) in [5, 5.41) is 0. The average molecular weight is 243 g/mol. The fourth-order valence-electron chi connectivity index (χ4n) is 1.62. The van der Waals surface area contributed by atoms with Crippen molar-refractivity contribution < 1.29 is 0 Å². The van der Waals surface area contributed by atoms with Crippen molar-refractivity contribution in [3.63, 3.8) is 0 Å². The molecule has 0 aromatic carbocycles. The zero-order valence-electron chi connectivity index (χ0n) is 10.2. The van der Waals surface area contributed by atoms with E-state index in [1.807, 2.05) is 30.7 Å². The van der Waals surface area contributed by atoms with Gasteiger partial charge in [0.2, 0.25) is 0 Å². The summed E-state index contributed by atoms with van der Waals surface area (Å²) in [5.41, 5.74) is 6.59. The van der Waals surface area contributed by atoms with E-state index in [2.05, 4.69) is 19.5 Å². The van der Waals surface area contributed by atoms with Crippen LogP contribution < -0.4 is 5.73 Å². The van der Waals surface area contributed by atoms with Gasteiger partial charge in [-0.1, -0.05) is 6.07 Å². The maximum Gasteiger partial charge on any atom is 0.144 e. The first-order valence-corrected chi connectivity index (χ1v) is 6.03. The summed E-state index contributed by atoms with van der Waals surface area (Å²) in [6, 6.07) is 5.63. The molecule has 0 aliphatic rings. The van der Waals surface area contributed by atoms with E-state index in [1.54, 1.807) is 12.4 Å². The number of hydrogen-bond donors (Lipinski definition) is 1. The second kappa shape index (κ2) is 6.54. The van der Waals surface area contributed by atoms with Crippen LogP contribution in [0, 0.1) is 0 Å². The summed E-state index contributed by atoms with van der Waals surface area (Å²) in [7, 11) is 0. The molecule has 0 spiro atoms. The predicted molar refractivity (Wildman–Crippen MR) is 71.3 cm³/mol. The van der Waals surface area contributed by atoms with Gasteiger partial charge in [-0.15, -0.1) is 0 Å². The van der Waals surface area contributed by atoms with E-state index in [-0.39, 0.29) is 0 Å². The number of amidine groups is 1. The molecule has 2 heterocycles. The van der Waals surface area contributed by atoms with Gasteiger partial charge in [0, 0.05) is 31.7 Å². The third-order valence-electron chi connectivity index (χ3n) is 2.59. The first kappa shape index (κ1) is 12.3. The van der Waals surface area contributed by atoms with Crippen LogP contribution >= 0.6 is 0 Å². The Labute approximate surface area is 106 Å². The molecule has 0 radical (unpaired) electrons. The molecule has 94 valence electrons. The molecule has 0 saturated heterocycles. The minimum atomic E-state index is 0.512. The minimum absolute atomic E-state index is 0.512. The van der Waals surface area contributed by atoms with E-state index < -0.39 is 0 Å². The zero-order valence-corrected chi connectivity index (χ0v) is 10.2. The normalized spacial score (nSPS) is 11.7. The molecule has 2 N–H and O–H groups in total. The van der Waals surface area contributed by atoms with Crippen molar-refractivity contribution in [2.24, 2.45) is 10.7 Å². The van der Waals surface area contributed by atoms with Crippen LogP contribution in [0.3, 0.4) is 0 Å². The quantitative estimate of drug-likeness (QED) is 0.474. The molecule has 0 atom stereocenters. The number of aryl methyl sites for hydroxylation is 1. The van der Waals surface area contributed by atoms with E-state index in [4.69, 9.17) is 5.73 Å². The molecule has 5 heteroatoms. The maximum atomic E-state index is 5.84. The minimum Gasteiger partial charge on any atom is -0.382 e. The molecule has 0 aliphatic carbocycles. The number of nitrogens with two attached hydrogens (primary N) is 1. The molecule has 0 amide bonds. The van der Waals surface area contributed by atoms with E-state index >= 15 is 0 Å². The summed E-state index contributed by atoms with van der Waals surface area (Å²) in [6.07, 6.45) is 9.37. The van der Waals surface area contributed by atoms with Crippen molar-refractivity contribution in [2.45, 2.75) is 19.4 Å². The van der Waals surface area contributed by atoms with Crippen molar-refractivity contribution in [3.05, 3.63) is 48.8 Å². The van der Waals surface area contributed by atoms with E-state index in [9.17, 15) is 0 Å². The standard InChI is InChI=1S/C13H17N5/c14-13(12-5-1-2-6-16-12)17-7-3-4-9-18-10-8-15-11-18/h1-2,5-6,8,10-11H,3-4,7,9H2,(H2,14,17). The number of aliphatic imine (C=N–C) groups is 1. The topological polar surface area (TPSA) is 69.1 Å². The number of nitrogens with zero attached hydrogens (tertiary/aromatic N) is 4. The van der Waals surface area contributed by atoms with Crippen molar-refractivity contribution in [2.75, 3.05) is 6.54 Å². The summed E-state index contributed by atoms with van der Waals surface area (Å²) < 4.78 is 2.06. The number of rotatable bonds is 6. The highest BCUT2D eigenvalue weighted by molar-refractivity contribution is 5.95. The third kappa shape index (κ3) is 3.69. The maximum absolute atomic E-state index is 5.84. The van der Waals surface area contributed by atoms with Crippen LogP contribution in [0.25, 0.3) is 0 Å². The Morgan fingerprint density at radius 3 is 2.94 bits per heavy atom. The molecule has 0 aliphatic heterocycles. The highest BCUT2D eigenvalue weighted by Crippen LogP contribution is 1.97. The van der Waals surface area contributed by atoms with Crippen LogP contribution in [0.2, 0.25) is 0 Å². The Bertz CT molecular complexity index is 475. The number of aromatic nitrogens is 3. The van der Waals surface area contributed by atoms with E-state index in [0.29, 0.717) is 5.84 Å². The summed E-state index contributed by atoms with van der Waals surface area (Å²) in [5.74, 6) is 0.512. The SMILES string of the molecule is NC(=NCCCCn1ccnc1)c1ccccn1. The van der Waals surface area contributed by atoms with Gasteiger partial charge in [0.05, 0.1) is 6.33 Å². The van der Waals surface area contributed by atoms with Crippen LogP contribution in [-0.4, -0.2) is 26.9 Å². The fraction of sp³-hybridized carbons (Fsp3) is 0.308. The van der Waals surface area contributed by atoms with Crippen LogP contribution in [-0.2, 0) is 6.54 Å². The van der Waals surface area contributed by atoms with Crippen LogP contribution in [0.15, 0.2) is 48.1 Å². The third-order valence-corrected chi connectivity index (χ3v) is 2.59. The van der Waals surface area contributed by atoms with Crippen LogP contribution in [0.1, 0.15) is 18.5 Å². The lowest BCUT2D eigenvalue weighted by Crippen LogP contribution is -2.15. The van der Waals surface area contributed by atoms with Gasteiger partial charge >= 0.3 is 0 Å². The van der Waals surface area contributed by atoms with Crippen LogP contribution in [0.5, 0.6) is 0 Å². The molecule has 0 fully saturated rings. The Kier molecular flexibility index (Phi) is 4.46. The van der Waals surface area contributed by atoms with E-state index in [1.165, 1.54) is 0 Å². The Morgan fingerprint density at radius 2 is 2.22 bits per heavy atom. The van der Waals surface area contributed by atoms with Crippen LogP contribution in [0.4, 0.5) is 0 Å². The molecular formula is C13H17N5. The van der Waals surface area contributed by atoms with E-state index in [0.717, 1.165) is 31.6 Å². The first-order chi connectivity index (χ1) is 8.86. The molecule has 0 bridgehead atoms. The van der Waals surface area contributed by atoms with Gasteiger partial charge in [-0.3, -0.25) is 9.98 Å². The molecule has 18 heavy (non-hydrogen) atoms. The Hall–Kier alpha value is -2.17. The average Bonchev–Trinajstić information content (AvgIpc) is 2.92. The number of pyridine rings is 1. The van der Waals surface area contributed by atoms with Gasteiger partial charge in [-0.25, -0.2) is 4.98 Å². The zero-order chi connectivity index (χ0) is 12.6. The molecule has 2 aromatic heterocycles. The Balaban J connectivity index is 1.71. The van der Waals surface area contributed by atoms with Gasteiger partial charge in [0.25, 0.3) is 0 Å². The largest absolute Gasteiger partial charge is 0.382 e. The van der Waals surface area contributed by atoms with Gasteiger partial charge < -0.3 is 10.3 Å². The highest BCUT2D eigenvalue weighted by Gasteiger charge is 1.97. The lowest BCUT2D eigenvalue weighted by atomic mass is 10.3. The van der Waals surface area contributed by atoms with Gasteiger partial charge in [0.15, 0.2) is 0 Å². The monoisotopic (exact) mass is 243 g/mol. The second-order valence-corrected chi connectivity index (χ2v) is 3.99. The molecule has 0 saturated carbocycles. The van der Waals surface area contributed by atoms with Crippen molar-refractivity contribution in [1.82, 2.24) is 14.5 Å². The number of unbranched alkanes of at least 4 members (excludes halogenated alkanes) is 1. The lowest BCUT2D eigenvalue weighted by molar-refractivity contribution is 0.615. The Morgan fingerprint density at radius 1 is 1.28 bits per heavy atom. The van der Waals surface area contributed by atoms with Gasteiger partial charge in [-0.05, 0) is 25.0 Å². The van der Waals surface area contributed by atoms with Crippen molar-refractivity contribution >= 4 is 5.84 Å². The fourth-order valence-corrected chi connectivity index (χ4v) is 1.62. The molecule has 0 unspecified atom stereocenters. The van der Waals surface area contributed by atoms with Gasteiger partial charge in [-0.2, -0.15) is 0 Å². The smallest absolute Gasteiger partial charge is 0.144 e. The van der Waals surface area contributed by atoms with Gasteiger partial charge in [0.1, 0.15) is 11.5 Å². The predicted octanol–water partition coefficient (Wildman–Crippen LogP) is 1.46. The summed E-state index contributed by atoms with van der Waals surface area (Å²) >= 11 is 0. The molecule has 2 aromatic rings. The number of hydrogen-bond acceptors (Lipinski definition) is 3. The summed E-state index contributed by atoms with van der Waals surface area (Å²) in [6.45, 7) is 1.70. The second-order valence-electron chi connectivity index (χ2n) is 3.99. The molecule has 5 nitrogen and oxygen atoms in total. The first-order valence-electron chi connectivity index (χ1n) is 6.03. The lowest BCUT2D eigenvalue weighted by Gasteiger charge is -2.01. The highest BCUT2D eigenvalue weighted by atomic mass is 15.0. The van der Waals surface area contributed by atoms with Crippen molar-refractivity contribution in [3.8, 4) is 0 Å². The summed E-state index contributed by atoms with van der Waals surface area (Å²) in [4.78, 5) is 12.5. The number of imidazole rings is 1. The molecular weight excluding hydrogens is 226 g/mol. The van der Waals surface area contributed by atoms with Crippen molar-refractivity contribution in [1.29, 1.82) is 0 Å². The molecule has 2 rings (SSSR count).